The van der Waals surface area contributed by atoms with Gasteiger partial charge in [0.2, 0.25) is 6.41 Å². The molecule has 0 saturated carbocycles. The first-order chi connectivity index (χ1) is 2.91. The van der Waals surface area contributed by atoms with Crippen molar-refractivity contribution in [1.82, 2.24) is 5.32 Å². The summed E-state index contributed by atoms with van der Waals surface area (Å²) in [6.07, 6.45) is 0.462. The molecular formula is C3H6NO2. The average molecular weight is 88.1 g/mol. The van der Waals surface area contributed by atoms with Crippen LogP contribution in [0.15, 0.2) is 0 Å². The van der Waals surface area contributed by atoms with E-state index >= 15 is 0 Å². The molecule has 0 aliphatic heterocycles. The lowest BCUT2D eigenvalue weighted by atomic mass is 11.1. The van der Waals surface area contributed by atoms with Gasteiger partial charge in [-0.3, -0.25) is 4.79 Å². The Labute approximate surface area is 36.3 Å². The molecule has 0 unspecified atom stereocenters. The van der Waals surface area contributed by atoms with Crippen LogP contribution in [0.1, 0.15) is 0 Å². The minimum atomic E-state index is 0.170. The maximum atomic E-state index is 9.32. The highest BCUT2D eigenvalue weighted by atomic mass is 16.5. The van der Waals surface area contributed by atoms with Crippen LogP contribution in [0.3, 0.4) is 0 Å². The van der Waals surface area contributed by atoms with E-state index in [4.69, 9.17) is 0 Å². The molecule has 6 heavy (non-hydrogen) atoms. The molecule has 0 aliphatic carbocycles. The Balaban J connectivity index is 2.49. The van der Waals surface area contributed by atoms with Crippen LogP contribution in [0.25, 0.3) is 0 Å². The number of hydrogen-bond donors (Lipinski definition) is 0. The normalized spacial score (nSPS) is 7.50. The van der Waals surface area contributed by atoms with Crippen molar-refractivity contribution in [1.29, 1.82) is 0 Å². The summed E-state index contributed by atoms with van der Waals surface area (Å²) >= 11 is 0. The topological polar surface area (TPSA) is 40.4 Å². The van der Waals surface area contributed by atoms with Crippen LogP contribution in [0.2, 0.25) is 0 Å². The molecule has 3 heteroatoms. The first-order valence-electron chi connectivity index (χ1n) is 1.51. The van der Waals surface area contributed by atoms with Gasteiger partial charge in [-0.25, -0.2) is 5.32 Å². The summed E-state index contributed by atoms with van der Waals surface area (Å²) in [5, 5.41) is 3.19. The van der Waals surface area contributed by atoms with E-state index in [1.807, 2.05) is 0 Å². The van der Waals surface area contributed by atoms with Crippen LogP contribution < -0.4 is 5.32 Å². The smallest absolute Gasteiger partial charge is 0.230 e. The SMILES string of the molecule is COC[N]C=O. The maximum absolute atomic E-state index is 9.32. The van der Waals surface area contributed by atoms with Crippen molar-refractivity contribution in [2.75, 3.05) is 13.8 Å². The molecule has 0 heterocycles. The number of methoxy groups -OCH3 is 1. The molecule has 0 aromatic rings. The summed E-state index contributed by atoms with van der Waals surface area (Å²) in [7, 11) is 1.48. The van der Waals surface area contributed by atoms with Gasteiger partial charge < -0.3 is 4.74 Å². The van der Waals surface area contributed by atoms with Crippen molar-refractivity contribution in [2.24, 2.45) is 0 Å². The molecule has 0 saturated heterocycles. The fraction of sp³-hybridized carbons (Fsp3) is 0.667. The minimum absolute atomic E-state index is 0.170. The van der Waals surface area contributed by atoms with Crippen LogP contribution in [-0.4, -0.2) is 20.3 Å². The number of nitrogens with zero attached hydrogens (tertiary/aromatic N) is 1. The number of amides is 1. The van der Waals surface area contributed by atoms with Crippen LogP contribution in [0, 0.1) is 0 Å². The number of carbonyl (C=O) groups excluding carboxylic acids is 1. The number of carbonyl (C=O) groups is 1. The Morgan fingerprint density at radius 3 is 2.83 bits per heavy atom. The van der Waals surface area contributed by atoms with Gasteiger partial charge in [0.25, 0.3) is 0 Å². The summed E-state index contributed by atoms with van der Waals surface area (Å²) < 4.78 is 4.38. The highest BCUT2D eigenvalue weighted by molar-refractivity contribution is 5.44. The van der Waals surface area contributed by atoms with Gasteiger partial charge in [0.15, 0.2) is 0 Å². The molecule has 0 spiro atoms. The van der Waals surface area contributed by atoms with E-state index in [1.54, 1.807) is 0 Å². The van der Waals surface area contributed by atoms with Crippen molar-refractivity contribution in [2.45, 2.75) is 0 Å². The molecule has 0 atom stereocenters. The number of ether oxygens (including phenoxy) is 1. The molecule has 0 aromatic carbocycles. The molecule has 3 nitrogen and oxygen atoms in total. The van der Waals surface area contributed by atoms with Crippen LogP contribution in [0.4, 0.5) is 0 Å². The zero-order valence-corrected chi connectivity index (χ0v) is 3.55. The standard InChI is InChI=1S/C3H6NO2/c1-6-3-4-2-5/h2H,3H2,1H3. The third-order valence-corrected chi connectivity index (χ3v) is 0.278. The van der Waals surface area contributed by atoms with Crippen LogP contribution in [-0.2, 0) is 9.53 Å². The van der Waals surface area contributed by atoms with Crippen molar-refractivity contribution < 1.29 is 9.53 Å². The molecule has 1 amide bonds. The van der Waals surface area contributed by atoms with Crippen molar-refractivity contribution >= 4 is 6.41 Å². The first-order valence-corrected chi connectivity index (χ1v) is 1.51. The van der Waals surface area contributed by atoms with Gasteiger partial charge in [0.1, 0.15) is 6.73 Å². The number of hydrogen-bond acceptors (Lipinski definition) is 2. The third-order valence-electron chi connectivity index (χ3n) is 0.278. The molecule has 1 radical (unpaired) electrons. The van der Waals surface area contributed by atoms with Crippen molar-refractivity contribution in [3.8, 4) is 0 Å². The fourth-order valence-electron chi connectivity index (χ4n) is 0.105. The second-order valence-electron chi connectivity index (χ2n) is 0.706. The Hall–Kier alpha value is -0.570. The van der Waals surface area contributed by atoms with Gasteiger partial charge in [-0.15, -0.1) is 0 Å². The Morgan fingerprint density at radius 2 is 2.67 bits per heavy atom. The first kappa shape index (κ1) is 5.43. The monoisotopic (exact) mass is 88.0 g/mol. The highest BCUT2D eigenvalue weighted by Gasteiger charge is 1.71. The average Bonchev–Trinajstić information content (AvgIpc) is 1.61. The second kappa shape index (κ2) is 4.43. The zero-order valence-electron chi connectivity index (χ0n) is 3.55. The molecule has 0 N–H and O–H groups in total. The molecule has 0 fully saturated rings. The molecule has 0 bridgehead atoms. The summed E-state index contributed by atoms with van der Waals surface area (Å²) in [5.41, 5.74) is 0. The summed E-state index contributed by atoms with van der Waals surface area (Å²) in [6, 6.07) is 0. The Morgan fingerprint density at radius 1 is 2.00 bits per heavy atom. The zero-order chi connectivity index (χ0) is 4.83. The predicted octanol–water partition coefficient (Wildman–Crippen LogP) is -0.649. The van der Waals surface area contributed by atoms with Gasteiger partial charge in [-0.1, -0.05) is 0 Å². The van der Waals surface area contributed by atoms with Gasteiger partial charge in [-0.2, -0.15) is 0 Å². The van der Waals surface area contributed by atoms with E-state index in [0.717, 1.165) is 0 Å². The quantitative estimate of drug-likeness (QED) is 0.340. The Kier molecular flexibility index (Phi) is 4.01. The lowest BCUT2D eigenvalue weighted by molar-refractivity contribution is -0.111. The summed E-state index contributed by atoms with van der Waals surface area (Å²) in [4.78, 5) is 9.32. The van der Waals surface area contributed by atoms with E-state index < -0.39 is 0 Å². The van der Waals surface area contributed by atoms with E-state index in [-0.39, 0.29) is 6.73 Å². The number of rotatable bonds is 3. The molecular weight excluding hydrogens is 82.0 g/mol. The lowest BCUT2D eigenvalue weighted by Crippen LogP contribution is -2.04. The molecule has 0 aliphatic rings. The van der Waals surface area contributed by atoms with Crippen LogP contribution in [0.5, 0.6) is 0 Å². The van der Waals surface area contributed by atoms with Gasteiger partial charge in [0.05, 0.1) is 0 Å². The molecule has 35 valence electrons. The van der Waals surface area contributed by atoms with Crippen LogP contribution >= 0.6 is 0 Å². The third kappa shape index (κ3) is 3.43. The maximum Gasteiger partial charge on any atom is 0.230 e. The van der Waals surface area contributed by atoms with E-state index in [1.165, 1.54) is 7.11 Å². The van der Waals surface area contributed by atoms with E-state index in [2.05, 4.69) is 10.1 Å². The van der Waals surface area contributed by atoms with Crippen molar-refractivity contribution in [3.63, 3.8) is 0 Å². The van der Waals surface area contributed by atoms with Gasteiger partial charge >= 0.3 is 0 Å². The van der Waals surface area contributed by atoms with E-state index in [9.17, 15) is 4.79 Å². The summed E-state index contributed by atoms with van der Waals surface area (Å²) in [6.45, 7) is 0.170. The molecule has 0 aromatic heterocycles. The summed E-state index contributed by atoms with van der Waals surface area (Å²) in [5.74, 6) is 0. The lowest BCUT2D eigenvalue weighted by Gasteiger charge is -1.85. The Bertz CT molecular complexity index is 37.8. The largest absolute Gasteiger partial charge is 0.362 e. The predicted molar refractivity (Wildman–Crippen MR) is 20.1 cm³/mol. The van der Waals surface area contributed by atoms with Gasteiger partial charge in [-0.05, 0) is 0 Å². The van der Waals surface area contributed by atoms with Crippen molar-refractivity contribution in [3.05, 3.63) is 0 Å². The minimum Gasteiger partial charge on any atom is -0.362 e. The second-order valence-corrected chi connectivity index (χ2v) is 0.706. The highest BCUT2D eigenvalue weighted by Crippen LogP contribution is 1.53. The fourth-order valence-corrected chi connectivity index (χ4v) is 0.105. The molecule has 0 rings (SSSR count). The van der Waals surface area contributed by atoms with Gasteiger partial charge in [0, 0.05) is 7.11 Å². The van der Waals surface area contributed by atoms with E-state index in [0.29, 0.717) is 6.41 Å².